The number of nitrogens with zero attached hydrogens (tertiary/aromatic N) is 2. The monoisotopic (exact) mass is 328 g/mol. The molecule has 0 spiro atoms. The first-order valence-corrected chi connectivity index (χ1v) is 6.36. The summed E-state index contributed by atoms with van der Waals surface area (Å²) in [7, 11) is 1.68. The minimum absolute atomic E-state index is 0.115. The minimum Gasteiger partial charge on any atom is -0.294 e. The van der Waals surface area contributed by atoms with Gasteiger partial charge in [0, 0.05) is 7.05 Å². The lowest BCUT2D eigenvalue weighted by Crippen LogP contribution is -2.12. The molecule has 0 saturated carbocycles. The van der Waals surface area contributed by atoms with Crippen molar-refractivity contribution in [3.63, 3.8) is 0 Å². The molecule has 0 aliphatic rings. The van der Waals surface area contributed by atoms with Crippen LogP contribution in [0.1, 0.15) is 21.7 Å². The van der Waals surface area contributed by atoms with Gasteiger partial charge in [0.25, 0.3) is 0 Å². The van der Waals surface area contributed by atoms with Gasteiger partial charge in [-0.25, -0.2) is 8.78 Å². The Balaban J connectivity index is 2.36. The van der Waals surface area contributed by atoms with Gasteiger partial charge in [-0.15, -0.1) is 0 Å². The summed E-state index contributed by atoms with van der Waals surface area (Å²) < 4.78 is 29.2. The fourth-order valence-corrected chi connectivity index (χ4v) is 2.35. The zero-order valence-corrected chi connectivity index (χ0v) is 12.0. The molecule has 3 nitrogen and oxygen atoms in total. The molecular weight excluding hydrogens is 318 g/mol. The van der Waals surface area contributed by atoms with Gasteiger partial charge in [0.15, 0.2) is 5.78 Å². The smallest absolute Gasteiger partial charge is 0.174 e. The van der Waals surface area contributed by atoms with Gasteiger partial charge in [0.1, 0.15) is 11.6 Å². The molecule has 1 aromatic heterocycles. The number of carbonyl (C=O) groups excluding carboxylic acids is 1. The van der Waals surface area contributed by atoms with Gasteiger partial charge in [-0.05, 0) is 35.0 Å². The number of ketones is 1. The maximum Gasteiger partial charge on any atom is 0.174 e. The average Bonchev–Trinajstić information content (AvgIpc) is 2.56. The molecule has 0 radical (unpaired) electrons. The predicted octanol–water partition coefficient (Wildman–Crippen LogP) is 3.19. The normalized spacial score (nSPS) is 10.8. The fraction of sp³-hybridized carbons (Fsp3) is 0.231. The number of aryl methyl sites for hydroxylation is 2. The molecule has 0 fully saturated rings. The van der Waals surface area contributed by atoms with Crippen molar-refractivity contribution in [1.82, 2.24) is 9.78 Å². The Morgan fingerprint density at radius 1 is 1.37 bits per heavy atom. The van der Waals surface area contributed by atoms with Crippen LogP contribution >= 0.6 is 15.9 Å². The van der Waals surface area contributed by atoms with E-state index in [1.807, 2.05) is 0 Å². The molecule has 0 atom stereocenters. The van der Waals surface area contributed by atoms with Gasteiger partial charge in [0.2, 0.25) is 0 Å². The van der Waals surface area contributed by atoms with Crippen LogP contribution in [0.4, 0.5) is 8.78 Å². The first kappa shape index (κ1) is 13.9. The third kappa shape index (κ3) is 2.58. The summed E-state index contributed by atoms with van der Waals surface area (Å²) in [6, 6.07) is 3.37. The van der Waals surface area contributed by atoms with Crippen LogP contribution in [0, 0.1) is 18.6 Å². The topological polar surface area (TPSA) is 34.9 Å². The zero-order valence-electron chi connectivity index (χ0n) is 10.4. The largest absolute Gasteiger partial charge is 0.294 e. The summed E-state index contributed by atoms with van der Waals surface area (Å²) in [5.41, 5.74) is 0.803. The maximum atomic E-state index is 13.5. The molecule has 1 aromatic carbocycles. The van der Waals surface area contributed by atoms with Crippen LogP contribution in [-0.4, -0.2) is 15.6 Å². The zero-order chi connectivity index (χ0) is 14.2. The molecule has 0 bridgehead atoms. The Morgan fingerprint density at radius 2 is 1.95 bits per heavy atom. The van der Waals surface area contributed by atoms with E-state index in [1.165, 1.54) is 10.7 Å². The second kappa shape index (κ2) is 5.21. The summed E-state index contributed by atoms with van der Waals surface area (Å²) >= 11 is 3.32. The fourth-order valence-electron chi connectivity index (χ4n) is 1.88. The molecule has 1 heterocycles. The van der Waals surface area contributed by atoms with Gasteiger partial charge in [-0.1, -0.05) is 6.07 Å². The summed E-state index contributed by atoms with van der Waals surface area (Å²) in [4.78, 5) is 12.0. The van der Waals surface area contributed by atoms with E-state index in [1.54, 1.807) is 14.0 Å². The Kier molecular flexibility index (Phi) is 3.80. The number of aromatic nitrogens is 2. The molecule has 0 unspecified atom stereocenters. The van der Waals surface area contributed by atoms with Crippen molar-refractivity contribution >= 4 is 21.7 Å². The molecule has 0 saturated heterocycles. The van der Waals surface area contributed by atoms with Crippen LogP contribution in [0.2, 0.25) is 0 Å². The third-order valence-corrected chi connectivity index (χ3v) is 3.86. The van der Waals surface area contributed by atoms with E-state index in [9.17, 15) is 13.6 Å². The van der Waals surface area contributed by atoms with E-state index < -0.39 is 23.0 Å². The Bertz CT molecular complexity index is 632. The van der Waals surface area contributed by atoms with Crippen molar-refractivity contribution in [2.45, 2.75) is 13.3 Å². The lowest BCUT2D eigenvalue weighted by molar-refractivity contribution is 0.0982. The van der Waals surface area contributed by atoms with E-state index in [2.05, 4.69) is 21.0 Å². The van der Waals surface area contributed by atoms with Crippen LogP contribution in [0.15, 0.2) is 22.7 Å². The SMILES string of the molecule is Cc1nn(C)c(CC(=O)c2c(F)cccc2F)c1Br. The number of halogens is 3. The quantitative estimate of drug-likeness (QED) is 0.811. The molecule has 0 amide bonds. The first-order valence-electron chi connectivity index (χ1n) is 5.57. The van der Waals surface area contributed by atoms with E-state index in [-0.39, 0.29) is 6.42 Å². The van der Waals surface area contributed by atoms with Crippen LogP contribution in [0.3, 0.4) is 0 Å². The van der Waals surface area contributed by atoms with Gasteiger partial charge in [-0.3, -0.25) is 9.48 Å². The molecule has 2 aromatic rings. The first-order chi connectivity index (χ1) is 8.91. The highest BCUT2D eigenvalue weighted by molar-refractivity contribution is 9.10. The van der Waals surface area contributed by atoms with Gasteiger partial charge < -0.3 is 0 Å². The Hall–Kier alpha value is -1.56. The molecule has 19 heavy (non-hydrogen) atoms. The number of hydrogen-bond donors (Lipinski definition) is 0. The van der Waals surface area contributed by atoms with Crippen molar-refractivity contribution in [2.75, 3.05) is 0 Å². The lowest BCUT2D eigenvalue weighted by Gasteiger charge is -2.05. The molecule has 0 N–H and O–H groups in total. The highest BCUT2D eigenvalue weighted by Crippen LogP contribution is 2.23. The van der Waals surface area contributed by atoms with Crippen LogP contribution in [0.25, 0.3) is 0 Å². The number of hydrogen-bond acceptors (Lipinski definition) is 2. The average molecular weight is 329 g/mol. The molecule has 2 rings (SSSR count). The number of Topliss-reactive ketones (excluding diaryl/α,β-unsaturated/α-hetero) is 1. The van der Waals surface area contributed by atoms with Crippen LogP contribution < -0.4 is 0 Å². The van der Waals surface area contributed by atoms with E-state index in [4.69, 9.17) is 0 Å². The molecule has 0 aliphatic carbocycles. The number of benzene rings is 1. The Morgan fingerprint density at radius 3 is 2.42 bits per heavy atom. The van der Waals surface area contributed by atoms with Crippen molar-refractivity contribution in [3.05, 3.63) is 51.3 Å². The molecular formula is C13H11BrF2N2O. The van der Waals surface area contributed by atoms with Crippen molar-refractivity contribution in [3.8, 4) is 0 Å². The maximum absolute atomic E-state index is 13.5. The number of rotatable bonds is 3. The lowest BCUT2D eigenvalue weighted by atomic mass is 10.1. The van der Waals surface area contributed by atoms with Crippen LogP contribution in [-0.2, 0) is 13.5 Å². The highest BCUT2D eigenvalue weighted by Gasteiger charge is 2.21. The second-order valence-corrected chi connectivity index (χ2v) is 4.96. The van der Waals surface area contributed by atoms with Gasteiger partial charge >= 0.3 is 0 Å². The Labute approximate surface area is 117 Å². The standard InChI is InChI=1S/C13H11BrF2N2O/c1-7-13(14)10(18(2)17-7)6-11(19)12-8(15)4-3-5-9(12)16/h3-5H,6H2,1-2H3. The summed E-state index contributed by atoms with van der Waals surface area (Å²) in [6.45, 7) is 1.78. The third-order valence-electron chi connectivity index (χ3n) is 2.83. The minimum atomic E-state index is -0.847. The van der Waals surface area contributed by atoms with Crippen LogP contribution in [0.5, 0.6) is 0 Å². The summed E-state index contributed by atoms with van der Waals surface area (Å²) in [5.74, 6) is -2.31. The van der Waals surface area contributed by atoms with Crippen molar-refractivity contribution in [1.29, 1.82) is 0 Å². The summed E-state index contributed by atoms with van der Waals surface area (Å²) in [5, 5.41) is 4.13. The second-order valence-electron chi connectivity index (χ2n) is 4.17. The molecule has 6 heteroatoms. The van der Waals surface area contributed by atoms with Crippen molar-refractivity contribution in [2.24, 2.45) is 7.05 Å². The van der Waals surface area contributed by atoms with Crippen molar-refractivity contribution < 1.29 is 13.6 Å². The van der Waals surface area contributed by atoms with E-state index in [0.717, 1.165) is 17.8 Å². The molecule has 0 aliphatic heterocycles. The molecule has 100 valence electrons. The van der Waals surface area contributed by atoms with E-state index >= 15 is 0 Å². The predicted molar refractivity (Wildman–Crippen MR) is 70.0 cm³/mol. The highest BCUT2D eigenvalue weighted by atomic mass is 79.9. The summed E-state index contributed by atoms with van der Waals surface area (Å²) in [6.07, 6.45) is -0.115. The van der Waals surface area contributed by atoms with E-state index in [0.29, 0.717) is 10.2 Å². The van der Waals surface area contributed by atoms with Gasteiger partial charge in [-0.2, -0.15) is 5.10 Å². The van der Waals surface area contributed by atoms with Gasteiger partial charge in [0.05, 0.1) is 27.8 Å². The number of carbonyl (C=O) groups is 1.